The predicted molar refractivity (Wildman–Crippen MR) is 95.1 cm³/mol. The van der Waals surface area contributed by atoms with Gasteiger partial charge in [-0.2, -0.15) is 5.10 Å². The van der Waals surface area contributed by atoms with Crippen LogP contribution in [0.5, 0.6) is 0 Å². The zero-order chi connectivity index (χ0) is 17.6. The molecule has 0 unspecified atom stereocenters. The van der Waals surface area contributed by atoms with Crippen molar-refractivity contribution in [1.29, 1.82) is 0 Å². The number of fused-ring (bicyclic) bond motifs is 1. The summed E-state index contributed by atoms with van der Waals surface area (Å²) >= 11 is 0. The monoisotopic (exact) mass is 335 g/mol. The minimum atomic E-state index is 0.0414. The quantitative estimate of drug-likeness (QED) is 0.735. The number of aryl methyl sites for hydroxylation is 3. The Morgan fingerprint density at radius 3 is 2.80 bits per heavy atom. The molecule has 1 saturated carbocycles. The van der Waals surface area contributed by atoms with E-state index in [1.54, 1.807) is 10.9 Å². The first-order valence-corrected chi connectivity index (χ1v) is 8.56. The maximum absolute atomic E-state index is 13.4. The first-order chi connectivity index (χ1) is 12.0. The van der Waals surface area contributed by atoms with Gasteiger partial charge in [-0.1, -0.05) is 6.07 Å². The van der Waals surface area contributed by atoms with Crippen LogP contribution < -0.4 is 0 Å². The third-order valence-corrected chi connectivity index (χ3v) is 4.63. The molecular weight excluding hydrogens is 314 g/mol. The number of hydrogen-bond donors (Lipinski definition) is 0. The number of aromatic nitrogens is 4. The average Bonchev–Trinajstić information content (AvgIpc) is 3.39. The molecule has 0 aromatic carbocycles. The Kier molecular flexibility index (Phi) is 3.75. The molecule has 1 aliphatic carbocycles. The van der Waals surface area contributed by atoms with Gasteiger partial charge in [0.05, 0.1) is 28.9 Å². The first-order valence-electron chi connectivity index (χ1n) is 8.56. The van der Waals surface area contributed by atoms with E-state index in [9.17, 15) is 4.79 Å². The van der Waals surface area contributed by atoms with Crippen molar-refractivity contribution in [3.8, 4) is 0 Å². The molecule has 6 heteroatoms. The molecule has 1 amide bonds. The zero-order valence-corrected chi connectivity index (χ0v) is 14.7. The van der Waals surface area contributed by atoms with Crippen LogP contribution in [0.4, 0.5) is 0 Å². The van der Waals surface area contributed by atoms with Gasteiger partial charge < -0.3 is 4.90 Å². The van der Waals surface area contributed by atoms with E-state index < -0.39 is 0 Å². The van der Waals surface area contributed by atoms with Crippen LogP contribution in [0.25, 0.3) is 11.0 Å². The van der Waals surface area contributed by atoms with Crippen molar-refractivity contribution >= 4 is 16.9 Å². The van der Waals surface area contributed by atoms with Gasteiger partial charge in [-0.15, -0.1) is 0 Å². The minimum absolute atomic E-state index is 0.0414. The zero-order valence-electron chi connectivity index (χ0n) is 14.7. The number of rotatable bonds is 4. The van der Waals surface area contributed by atoms with Crippen LogP contribution in [-0.4, -0.2) is 36.6 Å². The van der Waals surface area contributed by atoms with Gasteiger partial charge in [-0.05, 0) is 44.9 Å². The van der Waals surface area contributed by atoms with E-state index in [4.69, 9.17) is 0 Å². The normalized spacial score (nSPS) is 14.0. The first kappa shape index (κ1) is 15.7. The molecule has 0 radical (unpaired) electrons. The van der Waals surface area contributed by atoms with E-state index in [1.165, 1.54) is 0 Å². The molecule has 0 spiro atoms. The van der Waals surface area contributed by atoms with Crippen LogP contribution in [-0.2, 0) is 13.6 Å². The fourth-order valence-corrected chi connectivity index (χ4v) is 3.31. The summed E-state index contributed by atoms with van der Waals surface area (Å²) in [5.41, 5.74) is 4.02. The topological polar surface area (TPSA) is 63.9 Å². The molecule has 0 saturated heterocycles. The molecule has 3 heterocycles. The summed E-state index contributed by atoms with van der Waals surface area (Å²) < 4.78 is 1.74. The second-order valence-corrected chi connectivity index (χ2v) is 6.70. The van der Waals surface area contributed by atoms with Crippen molar-refractivity contribution in [3.63, 3.8) is 0 Å². The third kappa shape index (κ3) is 2.88. The Bertz CT molecular complexity index is 943. The Morgan fingerprint density at radius 1 is 1.32 bits per heavy atom. The summed E-state index contributed by atoms with van der Waals surface area (Å²) in [7, 11) is 1.86. The molecule has 0 bridgehead atoms. The van der Waals surface area contributed by atoms with E-state index in [1.807, 2.05) is 50.1 Å². The highest BCUT2D eigenvalue weighted by Crippen LogP contribution is 2.31. The van der Waals surface area contributed by atoms with Crippen molar-refractivity contribution in [2.75, 3.05) is 0 Å². The average molecular weight is 335 g/mol. The lowest BCUT2D eigenvalue weighted by molar-refractivity contribution is 0.0729. The largest absolute Gasteiger partial charge is 0.330 e. The Labute approximate surface area is 146 Å². The van der Waals surface area contributed by atoms with Gasteiger partial charge >= 0.3 is 0 Å². The number of amides is 1. The maximum Gasteiger partial charge on any atom is 0.255 e. The Morgan fingerprint density at radius 2 is 2.12 bits per heavy atom. The number of nitrogens with zero attached hydrogens (tertiary/aromatic N) is 5. The lowest BCUT2D eigenvalue weighted by Gasteiger charge is -2.22. The van der Waals surface area contributed by atoms with Gasteiger partial charge in [0.2, 0.25) is 0 Å². The van der Waals surface area contributed by atoms with Crippen LogP contribution in [0, 0.1) is 13.8 Å². The van der Waals surface area contributed by atoms with Gasteiger partial charge in [-0.25, -0.2) is 4.98 Å². The smallest absolute Gasteiger partial charge is 0.255 e. The molecular formula is C19H21N5O. The molecule has 1 aliphatic rings. The number of hydrogen-bond acceptors (Lipinski definition) is 4. The second kappa shape index (κ2) is 5.95. The molecule has 0 N–H and O–H groups in total. The fraction of sp³-hybridized carbons (Fsp3) is 0.368. The molecule has 0 aliphatic heterocycles. The summed E-state index contributed by atoms with van der Waals surface area (Å²) in [4.78, 5) is 24.3. The molecule has 1 fully saturated rings. The van der Waals surface area contributed by atoms with Crippen molar-refractivity contribution in [1.82, 2.24) is 24.6 Å². The van der Waals surface area contributed by atoms with Gasteiger partial charge in [0.15, 0.2) is 5.65 Å². The Balaban J connectivity index is 1.77. The minimum Gasteiger partial charge on any atom is -0.330 e. The van der Waals surface area contributed by atoms with Crippen LogP contribution in [0.15, 0.2) is 30.5 Å². The van der Waals surface area contributed by atoms with Crippen molar-refractivity contribution < 1.29 is 4.79 Å². The van der Waals surface area contributed by atoms with Crippen LogP contribution in [0.3, 0.4) is 0 Å². The number of pyridine rings is 2. The predicted octanol–water partition coefficient (Wildman–Crippen LogP) is 2.78. The van der Waals surface area contributed by atoms with Gasteiger partial charge in [0, 0.05) is 25.0 Å². The van der Waals surface area contributed by atoms with Gasteiger partial charge in [-0.3, -0.25) is 14.5 Å². The van der Waals surface area contributed by atoms with E-state index in [2.05, 4.69) is 15.1 Å². The van der Waals surface area contributed by atoms with Crippen LogP contribution in [0.1, 0.15) is 40.3 Å². The van der Waals surface area contributed by atoms with Crippen LogP contribution in [0.2, 0.25) is 0 Å². The second-order valence-electron chi connectivity index (χ2n) is 6.70. The Hall–Kier alpha value is -2.76. The molecule has 128 valence electrons. The standard InChI is InChI=1S/C19H21N5O/c1-12-10-16(17-13(2)22-23(3)18(17)21-12)19(25)24(15-7-8-15)11-14-6-4-5-9-20-14/h4-6,9-10,15H,7-8,11H2,1-3H3. The highest BCUT2D eigenvalue weighted by Gasteiger charge is 2.34. The summed E-state index contributed by atoms with van der Waals surface area (Å²) in [6.07, 6.45) is 3.88. The molecule has 25 heavy (non-hydrogen) atoms. The summed E-state index contributed by atoms with van der Waals surface area (Å²) in [5.74, 6) is 0.0414. The maximum atomic E-state index is 13.4. The molecule has 3 aromatic rings. The number of carbonyl (C=O) groups is 1. The van der Waals surface area contributed by atoms with Crippen molar-refractivity contribution in [2.45, 2.75) is 39.3 Å². The van der Waals surface area contributed by atoms with E-state index in [0.717, 1.165) is 41.0 Å². The lowest BCUT2D eigenvalue weighted by atomic mass is 10.1. The lowest BCUT2D eigenvalue weighted by Crippen LogP contribution is -2.33. The number of carbonyl (C=O) groups excluding carboxylic acids is 1. The summed E-state index contributed by atoms with van der Waals surface area (Å²) in [6.45, 7) is 4.38. The van der Waals surface area contributed by atoms with Gasteiger partial charge in [0.25, 0.3) is 5.91 Å². The van der Waals surface area contributed by atoms with Crippen molar-refractivity contribution in [2.24, 2.45) is 7.05 Å². The van der Waals surface area contributed by atoms with Crippen LogP contribution >= 0.6 is 0 Å². The molecule has 3 aromatic heterocycles. The third-order valence-electron chi connectivity index (χ3n) is 4.63. The van der Waals surface area contributed by atoms with E-state index in [0.29, 0.717) is 18.2 Å². The molecule has 0 atom stereocenters. The molecule has 4 rings (SSSR count). The molecule has 6 nitrogen and oxygen atoms in total. The summed E-state index contributed by atoms with van der Waals surface area (Å²) in [6, 6.07) is 7.99. The highest BCUT2D eigenvalue weighted by molar-refractivity contribution is 6.06. The van der Waals surface area contributed by atoms with Gasteiger partial charge in [0.1, 0.15) is 0 Å². The highest BCUT2D eigenvalue weighted by atomic mass is 16.2. The van der Waals surface area contributed by atoms with E-state index >= 15 is 0 Å². The summed E-state index contributed by atoms with van der Waals surface area (Å²) in [5, 5.41) is 5.30. The SMILES string of the molecule is Cc1cc(C(=O)N(Cc2ccccn2)C2CC2)c2c(C)nn(C)c2n1. The van der Waals surface area contributed by atoms with E-state index in [-0.39, 0.29) is 5.91 Å². The van der Waals surface area contributed by atoms with Crippen molar-refractivity contribution in [3.05, 3.63) is 53.1 Å². The fourth-order valence-electron chi connectivity index (χ4n) is 3.31.